The maximum atomic E-state index is 12.0. The van der Waals surface area contributed by atoms with Crippen molar-refractivity contribution in [2.75, 3.05) is 11.9 Å². The summed E-state index contributed by atoms with van der Waals surface area (Å²) in [6, 6.07) is 6.35. The number of hydrogen-bond acceptors (Lipinski definition) is 5. The number of pyridine rings is 1. The van der Waals surface area contributed by atoms with Gasteiger partial charge < -0.3 is 10.1 Å². The SMILES string of the molecule is CCOC(=O)c1ccsc1NC(=O)c1cccc(Cl)n1. The van der Waals surface area contributed by atoms with Gasteiger partial charge in [-0.1, -0.05) is 17.7 Å². The molecule has 1 N–H and O–H groups in total. The molecule has 2 aromatic rings. The fourth-order valence-corrected chi connectivity index (χ4v) is 2.41. The molecule has 0 fully saturated rings. The van der Waals surface area contributed by atoms with Crippen LogP contribution in [0.25, 0.3) is 0 Å². The molecule has 0 unspecified atom stereocenters. The molecule has 0 radical (unpaired) electrons. The first kappa shape index (κ1) is 14.5. The Hall–Kier alpha value is -1.92. The highest BCUT2D eigenvalue weighted by Crippen LogP contribution is 2.24. The summed E-state index contributed by atoms with van der Waals surface area (Å²) in [5.41, 5.74) is 0.507. The van der Waals surface area contributed by atoms with Crippen molar-refractivity contribution in [2.24, 2.45) is 0 Å². The quantitative estimate of drug-likeness (QED) is 0.695. The van der Waals surface area contributed by atoms with Crippen LogP contribution in [0.1, 0.15) is 27.8 Å². The number of thiophene rings is 1. The van der Waals surface area contributed by atoms with Crippen molar-refractivity contribution in [2.45, 2.75) is 6.92 Å². The number of esters is 1. The summed E-state index contributed by atoms with van der Waals surface area (Å²) >= 11 is 6.97. The molecule has 0 saturated heterocycles. The fraction of sp³-hybridized carbons (Fsp3) is 0.154. The minimum absolute atomic E-state index is 0.181. The van der Waals surface area contributed by atoms with E-state index in [1.165, 1.54) is 11.3 Å². The molecule has 0 spiro atoms. The van der Waals surface area contributed by atoms with E-state index in [0.29, 0.717) is 10.6 Å². The summed E-state index contributed by atoms with van der Waals surface area (Å²) in [5, 5.41) is 4.99. The van der Waals surface area contributed by atoms with Crippen LogP contribution in [-0.2, 0) is 4.74 Å². The smallest absolute Gasteiger partial charge is 0.341 e. The molecule has 0 aromatic carbocycles. The second-order valence-corrected chi connectivity index (χ2v) is 4.99. The van der Waals surface area contributed by atoms with Gasteiger partial charge in [0.15, 0.2) is 0 Å². The molecule has 1 amide bonds. The molecular formula is C13H11ClN2O3S. The second-order valence-electron chi connectivity index (χ2n) is 3.68. The molecular weight excluding hydrogens is 300 g/mol. The molecule has 0 aliphatic rings. The van der Waals surface area contributed by atoms with E-state index in [0.717, 1.165) is 0 Å². The van der Waals surface area contributed by atoms with Crippen molar-refractivity contribution >= 4 is 39.8 Å². The normalized spacial score (nSPS) is 10.1. The summed E-state index contributed by atoms with van der Waals surface area (Å²) in [6.07, 6.45) is 0. The summed E-state index contributed by atoms with van der Waals surface area (Å²) in [5.74, 6) is -0.899. The van der Waals surface area contributed by atoms with Crippen LogP contribution in [0.3, 0.4) is 0 Å². The zero-order chi connectivity index (χ0) is 14.5. The van der Waals surface area contributed by atoms with Crippen molar-refractivity contribution in [3.05, 3.63) is 46.1 Å². The summed E-state index contributed by atoms with van der Waals surface area (Å²) in [7, 11) is 0. The van der Waals surface area contributed by atoms with Crippen molar-refractivity contribution in [1.82, 2.24) is 4.98 Å². The number of hydrogen-bond donors (Lipinski definition) is 1. The Bertz CT molecular complexity index is 642. The van der Waals surface area contributed by atoms with Crippen molar-refractivity contribution in [3.8, 4) is 0 Å². The summed E-state index contributed by atoms with van der Waals surface area (Å²) in [4.78, 5) is 27.6. The predicted molar refractivity (Wildman–Crippen MR) is 77.5 cm³/mol. The Balaban J connectivity index is 2.16. The maximum absolute atomic E-state index is 12.0. The lowest BCUT2D eigenvalue weighted by Gasteiger charge is -2.05. The zero-order valence-electron chi connectivity index (χ0n) is 10.6. The van der Waals surface area contributed by atoms with Gasteiger partial charge in [0.1, 0.15) is 15.8 Å². The number of halogens is 1. The van der Waals surface area contributed by atoms with Gasteiger partial charge in [-0.2, -0.15) is 0 Å². The molecule has 2 aromatic heterocycles. The van der Waals surface area contributed by atoms with E-state index in [9.17, 15) is 9.59 Å². The Morgan fingerprint density at radius 2 is 2.20 bits per heavy atom. The average Bonchev–Trinajstić information content (AvgIpc) is 2.87. The first-order chi connectivity index (χ1) is 9.61. The molecule has 104 valence electrons. The van der Waals surface area contributed by atoms with Gasteiger partial charge in [-0.25, -0.2) is 9.78 Å². The van der Waals surface area contributed by atoms with Crippen LogP contribution in [0.4, 0.5) is 5.00 Å². The Kier molecular flexibility index (Phi) is 4.70. The van der Waals surface area contributed by atoms with E-state index in [4.69, 9.17) is 16.3 Å². The average molecular weight is 311 g/mol. The number of aromatic nitrogens is 1. The molecule has 5 nitrogen and oxygen atoms in total. The van der Waals surface area contributed by atoms with E-state index >= 15 is 0 Å². The van der Waals surface area contributed by atoms with Crippen LogP contribution >= 0.6 is 22.9 Å². The molecule has 2 heterocycles. The molecule has 0 bridgehead atoms. The van der Waals surface area contributed by atoms with Gasteiger partial charge in [0, 0.05) is 0 Å². The lowest BCUT2D eigenvalue weighted by molar-refractivity contribution is 0.0528. The molecule has 0 saturated carbocycles. The summed E-state index contributed by atoms with van der Waals surface area (Å²) < 4.78 is 4.91. The minimum Gasteiger partial charge on any atom is -0.462 e. The van der Waals surface area contributed by atoms with E-state index in [-0.39, 0.29) is 17.5 Å². The van der Waals surface area contributed by atoms with Gasteiger partial charge in [0.2, 0.25) is 0 Å². The lowest BCUT2D eigenvalue weighted by atomic mass is 10.3. The van der Waals surface area contributed by atoms with Crippen LogP contribution in [0.5, 0.6) is 0 Å². The highest BCUT2D eigenvalue weighted by Gasteiger charge is 2.17. The minimum atomic E-state index is -0.469. The number of amides is 1. The van der Waals surface area contributed by atoms with Crippen LogP contribution < -0.4 is 5.32 Å². The van der Waals surface area contributed by atoms with Gasteiger partial charge in [0.05, 0.1) is 12.2 Å². The Labute approximate surface area is 124 Å². The third-order valence-corrected chi connectivity index (χ3v) is 3.38. The fourth-order valence-electron chi connectivity index (χ4n) is 1.48. The number of carbonyl (C=O) groups is 2. The maximum Gasteiger partial charge on any atom is 0.341 e. The number of ether oxygens (including phenoxy) is 1. The Morgan fingerprint density at radius 3 is 2.90 bits per heavy atom. The molecule has 0 atom stereocenters. The second kappa shape index (κ2) is 6.49. The number of nitrogens with zero attached hydrogens (tertiary/aromatic N) is 1. The number of rotatable bonds is 4. The van der Waals surface area contributed by atoms with Crippen molar-refractivity contribution in [3.63, 3.8) is 0 Å². The van der Waals surface area contributed by atoms with Gasteiger partial charge in [-0.15, -0.1) is 11.3 Å². The van der Waals surface area contributed by atoms with Crippen LogP contribution in [-0.4, -0.2) is 23.5 Å². The highest BCUT2D eigenvalue weighted by molar-refractivity contribution is 7.14. The van der Waals surface area contributed by atoms with Gasteiger partial charge in [0.25, 0.3) is 5.91 Å². The van der Waals surface area contributed by atoms with Gasteiger partial charge >= 0.3 is 5.97 Å². The van der Waals surface area contributed by atoms with Crippen molar-refractivity contribution < 1.29 is 14.3 Å². The number of anilines is 1. The highest BCUT2D eigenvalue weighted by atomic mass is 35.5. The van der Waals surface area contributed by atoms with E-state index in [1.54, 1.807) is 36.6 Å². The topological polar surface area (TPSA) is 68.3 Å². The number of carbonyl (C=O) groups excluding carboxylic acids is 2. The number of nitrogens with one attached hydrogen (secondary N) is 1. The van der Waals surface area contributed by atoms with Gasteiger partial charge in [-0.3, -0.25) is 4.79 Å². The molecule has 20 heavy (non-hydrogen) atoms. The Morgan fingerprint density at radius 1 is 1.40 bits per heavy atom. The molecule has 0 aliphatic heterocycles. The van der Waals surface area contributed by atoms with Gasteiger partial charge in [-0.05, 0) is 30.5 Å². The first-order valence-electron chi connectivity index (χ1n) is 5.80. The van der Waals surface area contributed by atoms with Crippen molar-refractivity contribution in [1.29, 1.82) is 0 Å². The zero-order valence-corrected chi connectivity index (χ0v) is 12.1. The first-order valence-corrected chi connectivity index (χ1v) is 7.06. The van der Waals surface area contributed by atoms with E-state index in [1.807, 2.05) is 0 Å². The summed E-state index contributed by atoms with van der Waals surface area (Å²) in [6.45, 7) is 2.00. The third kappa shape index (κ3) is 3.34. The lowest BCUT2D eigenvalue weighted by Crippen LogP contribution is -2.15. The molecule has 0 aliphatic carbocycles. The molecule has 7 heteroatoms. The predicted octanol–water partition coefficient (Wildman–Crippen LogP) is 3.23. The monoisotopic (exact) mass is 310 g/mol. The molecule has 2 rings (SSSR count). The van der Waals surface area contributed by atoms with E-state index < -0.39 is 11.9 Å². The van der Waals surface area contributed by atoms with E-state index in [2.05, 4.69) is 10.3 Å². The largest absolute Gasteiger partial charge is 0.462 e. The standard InChI is InChI=1S/C13H11ClN2O3S/c1-2-19-13(18)8-6-7-20-12(8)16-11(17)9-4-3-5-10(14)15-9/h3-7H,2H2,1H3,(H,16,17). The van der Waals surface area contributed by atoms with Crippen LogP contribution in [0.2, 0.25) is 5.15 Å². The van der Waals surface area contributed by atoms with Crippen LogP contribution in [0, 0.1) is 0 Å². The third-order valence-electron chi connectivity index (χ3n) is 2.34. The van der Waals surface area contributed by atoms with Crippen LogP contribution in [0.15, 0.2) is 29.6 Å².